The highest BCUT2D eigenvalue weighted by molar-refractivity contribution is 7.99. The number of hydrogen-bond acceptors (Lipinski definition) is 3. The van der Waals surface area contributed by atoms with Crippen LogP contribution in [0.2, 0.25) is 0 Å². The smallest absolute Gasteiger partial charge is 0.119 e. The van der Waals surface area contributed by atoms with Gasteiger partial charge in [-0.2, -0.15) is 11.8 Å². The van der Waals surface area contributed by atoms with E-state index < -0.39 is 0 Å². The van der Waals surface area contributed by atoms with E-state index >= 15 is 0 Å². The minimum Gasteiger partial charge on any atom is -0.494 e. The molecule has 1 aliphatic rings. The first-order valence-electron chi connectivity index (χ1n) is 7.81. The summed E-state index contributed by atoms with van der Waals surface area (Å²) in [6.07, 6.45) is 6.79. The van der Waals surface area contributed by atoms with Gasteiger partial charge in [0.15, 0.2) is 0 Å². The van der Waals surface area contributed by atoms with Crippen LogP contribution in [-0.4, -0.2) is 17.6 Å². The van der Waals surface area contributed by atoms with E-state index in [0.29, 0.717) is 6.54 Å². The van der Waals surface area contributed by atoms with E-state index in [-0.39, 0.29) is 0 Å². The molecule has 0 radical (unpaired) electrons. The Labute approximate surface area is 127 Å². The Bertz CT molecular complexity index is 396. The largest absolute Gasteiger partial charge is 0.494 e. The van der Waals surface area contributed by atoms with Gasteiger partial charge in [0.25, 0.3) is 0 Å². The summed E-state index contributed by atoms with van der Waals surface area (Å²) in [5.41, 5.74) is 6.76. The van der Waals surface area contributed by atoms with Crippen LogP contribution in [0.15, 0.2) is 24.3 Å². The molecule has 0 aromatic heterocycles. The van der Waals surface area contributed by atoms with Gasteiger partial charge < -0.3 is 10.5 Å². The summed E-state index contributed by atoms with van der Waals surface area (Å²) in [6.45, 7) is 3.77. The average Bonchev–Trinajstić information content (AvgIpc) is 2.47. The lowest BCUT2D eigenvalue weighted by atomic mass is 9.91. The van der Waals surface area contributed by atoms with Crippen molar-refractivity contribution in [1.82, 2.24) is 0 Å². The predicted octanol–water partition coefficient (Wildman–Crippen LogP) is 4.23. The summed E-state index contributed by atoms with van der Waals surface area (Å²) in [6, 6.07) is 8.09. The van der Waals surface area contributed by atoms with E-state index in [1.165, 1.54) is 31.4 Å². The standard InChI is InChI=1S/C17H27NOS/c1-14-5-2-8-17(11-14)20-10-4-9-19-16-7-3-6-15(12-16)13-18/h3,6-7,12,14,17H,2,4-5,8-11,13,18H2,1H3. The average molecular weight is 293 g/mol. The monoisotopic (exact) mass is 293 g/mol. The highest BCUT2D eigenvalue weighted by atomic mass is 32.2. The fourth-order valence-electron chi connectivity index (χ4n) is 2.79. The Morgan fingerprint density at radius 2 is 2.25 bits per heavy atom. The number of thioether (sulfide) groups is 1. The molecule has 20 heavy (non-hydrogen) atoms. The van der Waals surface area contributed by atoms with Crippen molar-refractivity contribution in [3.63, 3.8) is 0 Å². The van der Waals surface area contributed by atoms with Crippen molar-refractivity contribution in [3.8, 4) is 5.75 Å². The molecule has 2 unspecified atom stereocenters. The van der Waals surface area contributed by atoms with Crippen molar-refractivity contribution in [2.24, 2.45) is 11.7 Å². The first-order valence-corrected chi connectivity index (χ1v) is 8.86. The minimum atomic E-state index is 0.576. The van der Waals surface area contributed by atoms with Gasteiger partial charge in [-0.3, -0.25) is 0 Å². The third kappa shape index (κ3) is 5.37. The Morgan fingerprint density at radius 1 is 1.35 bits per heavy atom. The maximum atomic E-state index is 5.79. The molecule has 0 spiro atoms. The van der Waals surface area contributed by atoms with Crippen LogP contribution >= 0.6 is 11.8 Å². The second kappa shape index (κ2) is 8.58. The second-order valence-corrected chi connectivity index (χ2v) is 7.23. The molecule has 2 rings (SSSR count). The molecular formula is C17H27NOS. The molecule has 2 atom stereocenters. The molecule has 0 bridgehead atoms. The van der Waals surface area contributed by atoms with E-state index in [0.717, 1.165) is 35.5 Å². The number of nitrogens with two attached hydrogens (primary N) is 1. The van der Waals surface area contributed by atoms with E-state index in [1.807, 2.05) is 24.3 Å². The molecule has 2 N–H and O–H groups in total. The molecule has 1 aromatic rings. The van der Waals surface area contributed by atoms with Crippen LogP contribution in [0.1, 0.15) is 44.6 Å². The lowest BCUT2D eigenvalue weighted by Crippen LogP contribution is -2.15. The molecule has 1 aliphatic carbocycles. The SMILES string of the molecule is CC1CCCC(SCCCOc2cccc(CN)c2)C1. The van der Waals surface area contributed by atoms with Crippen molar-refractivity contribution in [2.45, 2.75) is 50.8 Å². The van der Waals surface area contributed by atoms with Crippen molar-refractivity contribution in [2.75, 3.05) is 12.4 Å². The molecular weight excluding hydrogens is 266 g/mol. The zero-order valence-electron chi connectivity index (χ0n) is 12.5. The molecule has 1 aromatic carbocycles. The molecule has 1 saturated carbocycles. The van der Waals surface area contributed by atoms with Gasteiger partial charge in [0.05, 0.1) is 6.61 Å². The maximum Gasteiger partial charge on any atom is 0.119 e. The molecule has 112 valence electrons. The zero-order valence-corrected chi connectivity index (χ0v) is 13.3. The number of ether oxygens (including phenoxy) is 1. The van der Waals surface area contributed by atoms with Crippen molar-refractivity contribution < 1.29 is 4.74 Å². The molecule has 0 amide bonds. The number of hydrogen-bond donors (Lipinski definition) is 1. The van der Waals surface area contributed by atoms with Crippen molar-refractivity contribution in [1.29, 1.82) is 0 Å². The lowest BCUT2D eigenvalue weighted by molar-refractivity contribution is 0.318. The minimum absolute atomic E-state index is 0.576. The molecule has 0 aliphatic heterocycles. The zero-order chi connectivity index (χ0) is 14.2. The van der Waals surface area contributed by atoms with Crippen LogP contribution in [0.25, 0.3) is 0 Å². The number of rotatable bonds is 7. The van der Waals surface area contributed by atoms with Gasteiger partial charge in [0.2, 0.25) is 0 Å². The van der Waals surface area contributed by atoms with Crippen LogP contribution in [0, 0.1) is 5.92 Å². The van der Waals surface area contributed by atoms with Crippen LogP contribution < -0.4 is 10.5 Å². The third-order valence-electron chi connectivity index (χ3n) is 3.93. The summed E-state index contributed by atoms with van der Waals surface area (Å²) < 4.78 is 5.79. The van der Waals surface area contributed by atoms with E-state index in [4.69, 9.17) is 10.5 Å². The Kier molecular flexibility index (Phi) is 6.74. The fraction of sp³-hybridized carbons (Fsp3) is 0.647. The first-order chi connectivity index (χ1) is 9.78. The predicted molar refractivity (Wildman–Crippen MR) is 88.3 cm³/mol. The van der Waals surface area contributed by atoms with Gasteiger partial charge in [0.1, 0.15) is 5.75 Å². The quantitative estimate of drug-likeness (QED) is 0.764. The summed E-state index contributed by atoms with van der Waals surface area (Å²) in [5.74, 6) is 3.09. The molecule has 1 fully saturated rings. The van der Waals surface area contributed by atoms with Crippen LogP contribution in [0.4, 0.5) is 0 Å². The van der Waals surface area contributed by atoms with Crippen molar-refractivity contribution in [3.05, 3.63) is 29.8 Å². The Hall–Kier alpha value is -0.670. The van der Waals surface area contributed by atoms with Crippen LogP contribution in [-0.2, 0) is 6.54 Å². The van der Waals surface area contributed by atoms with Crippen molar-refractivity contribution >= 4 is 11.8 Å². The summed E-state index contributed by atoms with van der Waals surface area (Å²) in [7, 11) is 0. The van der Waals surface area contributed by atoms with E-state index in [1.54, 1.807) is 0 Å². The highest BCUT2D eigenvalue weighted by Crippen LogP contribution is 2.32. The van der Waals surface area contributed by atoms with Gasteiger partial charge in [-0.25, -0.2) is 0 Å². The summed E-state index contributed by atoms with van der Waals surface area (Å²) >= 11 is 2.14. The molecule has 3 heteroatoms. The summed E-state index contributed by atoms with van der Waals surface area (Å²) in [5, 5.41) is 0.888. The number of benzene rings is 1. The van der Waals surface area contributed by atoms with E-state index in [9.17, 15) is 0 Å². The highest BCUT2D eigenvalue weighted by Gasteiger charge is 2.18. The van der Waals surface area contributed by atoms with Crippen LogP contribution in [0.5, 0.6) is 5.75 Å². The van der Waals surface area contributed by atoms with Gasteiger partial charge in [-0.1, -0.05) is 31.9 Å². The second-order valence-electron chi connectivity index (χ2n) is 5.82. The van der Waals surface area contributed by atoms with Crippen LogP contribution in [0.3, 0.4) is 0 Å². The lowest BCUT2D eigenvalue weighted by Gasteiger charge is -2.26. The molecule has 0 saturated heterocycles. The third-order valence-corrected chi connectivity index (χ3v) is 5.36. The topological polar surface area (TPSA) is 35.2 Å². The van der Waals surface area contributed by atoms with Gasteiger partial charge >= 0.3 is 0 Å². The van der Waals surface area contributed by atoms with Gasteiger partial charge in [-0.05, 0) is 48.6 Å². The van der Waals surface area contributed by atoms with E-state index in [2.05, 4.69) is 18.7 Å². The Balaban J connectivity index is 1.59. The molecule has 0 heterocycles. The molecule has 2 nitrogen and oxygen atoms in total. The fourth-order valence-corrected chi connectivity index (χ4v) is 4.21. The maximum absolute atomic E-state index is 5.79. The first kappa shape index (κ1) is 15.7. The summed E-state index contributed by atoms with van der Waals surface area (Å²) in [4.78, 5) is 0. The Morgan fingerprint density at radius 3 is 3.05 bits per heavy atom. The van der Waals surface area contributed by atoms with Gasteiger partial charge in [-0.15, -0.1) is 0 Å². The van der Waals surface area contributed by atoms with Gasteiger partial charge in [0, 0.05) is 11.8 Å². The normalized spacial score (nSPS) is 22.7.